The van der Waals surface area contributed by atoms with E-state index in [1.807, 2.05) is 13.8 Å². The van der Waals surface area contributed by atoms with Crippen molar-refractivity contribution in [2.75, 3.05) is 33.0 Å². The van der Waals surface area contributed by atoms with Crippen LogP contribution in [-0.2, 0) is 9.47 Å². The second-order valence-corrected chi connectivity index (χ2v) is 2.42. The molecule has 1 aliphatic rings. The molecule has 0 unspecified atom stereocenters. The van der Waals surface area contributed by atoms with Crippen molar-refractivity contribution in [3.63, 3.8) is 0 Å². The Bertz CT molecular complexity index is 53.6. The molecule has 1 fully saturated rings. The minimum Gasteiger partial charge on any atom is -0.397 e. The molecule has 1 aliphatic heterocycles. The third-order valence-corrected chi connectivity index (χ3v) is 1.24. The van der Waals surface area contributed by atoms with Crippen molar-refractivity contribution in [2.45, 2.75) is 33.6 Å². The van der Waals surface area contributed by atoms with E-state index in [0.29, 0.717) is 0 Å². The van der Waals surface area contributed by atoms with Crippen LogP contribution in [0.15, 0.2) is 0 Å². The van der Waals surface area contributed by atoms with E-state index >= 15 is 0 Å². The van der Waals surface area contributed by atoms with Crippen molar-refractivity contribution in [1.82, 2.24) is 0 Å². The zero-order valence-electron chi connectivity index (χ0n) is 9.21. The summed E-state index contributed by atoms with van der Waals surface area (Å²) < 4.78 is 9.78. The summed E-state index contributed by atoms with van der Waals surface area (Å²) in [7, 11) is 0. The number of ether oxygens (including phenoxy) is 2. The lowest BCUT2D eigenvalue weighted by Gasteiger charge is -1.86. The first-order chi connectivity index (χ1) is 6.33. The van der Waals surface area contributed by atoms with Crippen LogP contribution in [0.3, 0.4) is 0 Å². The second kappa shape index (κ2) is 17.8. The van der Waals surface area contributed by atoms with Crippen LogP contribution < -0.4 is 0 Å². The number of aliphatic hydroxyl groups excluding tert-OH is 1. The van der Waals surface area contributed by atoms with Crippen LogP contribution in [0.1, 0.15) is 33.6 Å². The monoisotopic (exact) mass is 192 g/mol. The van der Waals surface area contributed by atoms with Crippen molar-refractivity contribution in [2.24, 2.45) is 0 Å². The third-order valence-electron chi connectivity index (χ3n) is 1.24. The van der Waals surface area contributed by atoms with E-state index in [-0.39, 0.29) is 6.61 Å². The Morgan fingerprint density at radius 2 is 1.46 bits per heavy atom. The molecule has 0 aromatic heterocycles. The zero-order chi connectivity index (χ0) is 10.4. The van der Waals surface area contributed by atoms with Crippen LogP contribution in [0, 0.1) is 0 Å². The molecule has 0 spiro atoms. The summed E-state index contributed by atoms with van der Waals surface area (Å²) in [5.74, 6) is 0. The topological polar surface area (TPSA) is 38.7 Å². The highest BCUT2D eigenvalue weighted by Gasteiger charge is 1.94. The molecule has 0 aromatic carbocycles. The van der Waals surface area contributed by atoms with Crippen molar-refractivity contribution in [3.8, 4) is 0 Å². The number of rotatable bonds is 2. The molecule has 0 atom stereocenters. The highest BCUT2D eigenvalue weighted by molar-refractivity contribution is 4.43. The van der Waals surface area contributed by atoms with Crippen molar-refractivity contribution < 1.29 is 14.6 Å². The first kappa shape index (κ1) is 15.4. The molecule has 1 N–H and O–H groups in total. The number of hydrogen-bond donors (Lipinski definition) is 1. The minimum absolute atomic E-state index is 0.250. The molecule has 0 saturated carbocycles. The largest absolute Gasteiger partial charge is 0.397 e. The Labute approximate surface area is 82.1 Å². The van der Waals surface area contributed by atoms with Gasteiger partial charge in [0, 0.05) is 33.0 Å². The predicted octanol–water partition coefficient (Wildman–Crippen LogP) is 1.84. The smallest absolute Gasteiger partial charge is 0.0466 e. The Morgan fingerprint density at radius 1 is 1.08 bits per heavy atom. The quantitative estimate of drug-likeness (QED) is 0.725. The van der Waals surface area contributed by atoms with E-state index in [9.17, 15) is 0 Å². The summed E-state index contributed by atoms with van der Waals surface area (Å²) in [6.07, 6.45) is 2.56. The number of hydrogen-bond acceptors (Lipinski definition) is 3. The zero-order valence-corrected chi connectivity index (χ0v) is 9.21. The van der Waals surface area contributed by atoms with Gasteiger partial charge in [-0.3, -0.25) is 0 Å². The lowest BCUT2D eigenvalue weighted by molar-refractivity contribution is 0.162. The molecule has 3 heteroatoms. The van der Waals surface area contributed by atoms with Gasteiger partial charge < -0.3 is 14.6 Å². The Morgan fingerprint density at radius 3 is 1.54 bits per heavy atom. The second-order valence-electron chi connectivity index (χ2n) is 2.42. The molecule has 1 heterocycles. The van der Waals surface area contributed by atoms with Gasteiger partial charge in [-0.05, 0) is 33.6 Å². The Balaban J connectivity index is 0. The van der Waals surface area contributed by atoms with E-state index in [2.05, 4.69) is 0 Å². The molecule has 0 amide bonds. The van der Waals surface area contributed by atoms with Crippen LogP contribution in [-0.4, -0.2) is 38.1 Å². The summed E-state index contributed by atoms with van der Waals surface area (Å²) in [5, 5.41) is 7.57. The van der Waals surface area contributed by atoms with Gasteiger partial charge in [0.25, 0.3) is 0 Å². The highest BCUT2D eigenvalue weighted by atomic mass is 16.5. The van der Waals surface area contributed by atoms with E-state index in [4.69, 9.17) is 14.6 Å². The van der Waals surface area contributed by atoms with Crippen LogP contribution in [0.2, 0.25) is 0 Å². The fraction of sp³-hybridized carbons (Fsp3) is 1.00. The van der Waals surface area contributed by atoms with Gasteiger partial charge in [-0.1, -0.05) is 0 Å². The number of aliphatic hydroxyl groups is 1. The molecule has 0 radical (unpaired) electrons. The molecule has 82 valence electrons. The lowest BCUT2D eigenvalue weighted by Crippen LogP contribution is -1.84. The van der Waals surface area contributed by atoms with Crippen LogP contribution in [0.5, 0.6) is 0 Å². The lowest BCUT2D eigenvalue weighted by atomic mass is 10.4. The molecule has 13 heavy (non-hydrogen) atoms. The minimum atomic E-state index is 0.250. The highest BCUT2D eigenvalue weighted by Crippen LogP contribution is 1.98. The van der Waals surface area contributed by atoms with Crippen molar-refractivity contribution in [1.29, 1.82) is 0 Å². The van der Waals surface area contributed by atoms with Gasteiger partial charge in [-0.2, -0.15) is 0 Å². The van der Waals surface area contributed by atoms with Crippen LogP contribution >= 0.6 is 0 Å². The Hall–Kier alpha value is -0.120. The maximum Gasteiger partial charge on any atom is 0.0466 e. The standard InChI is InChI=1S/C4H8O.C4H10O.C2H6O/c1-2-4-5-3-1;1-3-5-4-2;1-2-3/h1-4H2;3-4H2,1-2H3;3H,2H2,1H3. The van der Waals surface area contributed by atoms with E-state index in [1.165, 1.54) is 12.8 Å². The van der Waals surface area contributed by atoms with Gasteiger partial charge in [-0.15, -0.1) is 0 Å². The first-order valence-corrected chi connectivity index (χ1v) is 5.09. The van der Waals surface area contributed by atoms with Gasteiger partial charge >= 0.3 is 0 Å². The summed E-state index contributed by atoms with van der Waals surface area (Å²) in [4.78, 5) is 0. The van der Waals surface area contributed by atoms with E-state index < -0.39 is 0 Å². The molecule has 0 aromatic rings. The molecule has 3 nitrogen and oxygen atoms in total. The van der Waals surface area contributed by atoms with Gasteiger partial charge in [0.2, 0.25) is 0 Å². The third kappa shape index (κ3) is 24.5. The molecular formula is C10H24O3. The predicted molar refractivity (Wildman–Crippen MR) is 55.0 cm³/mol. The fourth-order valence-corrected chi connectivity index (χ4v) is 0.714. The SMILES string of the molecule is C1CCOC1.CCO.CCOCC. The van der Waals surface area contributed by atoms with Crippen LogP contribution in [0.25, 0.3) is 0 Å². The van der Waals surface area contributed by atoms with Gasteiger partial charge in [0.1, 0.15) is 0 Å². The fourth-order valence-electron chi connectivity index (χ4n) is 0.714. The van der Waals surface area contributed by atoms with Gasteiger partial charge in [0.05, 0.1) is 0 Å². The average Bonchev–Trinajstić information content (AvgIpc) is 2.64. The maximum atomic E-state index is 7.57. The van der Waals surface area contributed by atoms with Crippen LogP contribution in [0.4, 0.5) is 0 Å². The Kier molecular flexibility index (Phi) is 21.1. The summed E-state index contributed by atoms with van der Waals surface area (Å²) in [5.41, 5.74) is 0. The average molecular weight is 192 g/mol. The van der Waals surface area contributed by atoms with E-state index in [0.717, 1.165) is 26.4 Å². The first-order valence-electron chi connectivity index (χ1n) is 5.09. The van der Waals surface area contributed by atoms with E-state index in [1.54, 1.807) is 6.92 Å². The summed E-state index contributed by atoms with van der Waals surface area (Å²) in [6.45, 7) is 9.60. The summed E-state index contributed by atoms with van der Waals surface area (Å²) in [6, 6.07) is 0. The molecule has 1 rings (SSSR count). The normalized spacial score (nSPS) is 13.8. The molecule has 0 aliphatic carbocycles. The van der Waals surface area contributed by atoms with Crippen molar-refractivity contribution in [3.05, 3.63) is 0 Å². The van der Waals surface area contributed by atoms with Crippen molar-refractivity contribution >= 4 is 0 Å². The summed E-state index contributed by atoms with van der Waals surface area (Å²) >= 11 is 0. The maximum absolute atomic E-state index is 7.57. The van der Waals surface area contributed by atoms with Gasteiger partial charge in [0.15, 0.2) is 0 Å². The molecule has 0 bridgehead atoms. The molecular weight excluding hydrogens is 168 g/mol. The van der Waals surface area contributed by atoms with Gasteiger partial charge in [-0.25, -0.2) is 0 Å². The molecule has 1 saturated heterocycles.